The van der Waals surface area contributed by atoms with E-state index in [-0.39, 0.29) is 12.1 Å². The van der Waals surface area contributed by atoms with E-state index in [1.807, 2.05) is 0 Å². The van der Waals surface area contributed by atoms with Crippen LogP contribution in [0.4, 0.5) is 13.2 Å². The van der Waals surface area contributed by atoms with E-state index in [0.29, 0.717) is 9.98 Å². The van der Waals surface area contributed by atoms with Crippen molar-refractivity contribution in [3.8, 4) is 5.75 Å². The fourth-order valence-corrected chi connectivity index (χ4v) is 1.96. The standard InChI is InChI=1S/C15H17ClF3NO3/c1-8(21)20(16)7-9-5-10(14(2,3)4)6-11(12(9)22)13(23)15(17,18)19/h5-6,22H,7H2,1-4H3. The highest BCUT2D eigenvalue weighted by molar-refractivity contribution is 6.20. The molecule has 0 spiro atoms. The first kappa shape index (κ1) is 19.3. The number of amides is 1. The van der Waals surface area contributed by atoms with Gasteiger partial charge in [-0.3, -0.25) is 14.0 Å². The van der Waals surface area contributed by atoms with Gasteiger partial charge < -0.3 is 5.11 Å². The molecule has 8 heteroatoms. The van der Waals surface area contributed by atoms with Gasteiger partial charge in [-0.25, -0.2) is 0 Å². The number of halogens is 4. The molecule has 0 fully saturated rings. The van der Waals surface area contributed by atoms with Crippen LogP contribution in [0.1, 0.15) is 49.2 Å². The Morgan fingerprint density at radius 2 is 1.74 bits per heavy atom. The average molecular weight is 352 g/mol. The number of carbonyl (C=O) groups excluding carboxylic acids is 2. The first-order valence-electron chi connectivity index (χ1n) is 6.67. The molecule has 1 aromatic carbocycles. The number of benzene rings is 1. The van der Waals surface area contributed by atoms with Crippen molar-refractivity contribution >= 4 is 23.5 Å². The van der Waals surface area contributed by atoms with Gasteiger partial charge >= 0.3 is 6.18 Å². The lowest BCUT2D eigenvalue weighted by atomic mass is 9.84. The van der Waals surface area contributed by atoms with Crippen molar-refractivity contribution in [3.05, 3.63) is 28.8 Å². The SMILES string of the molecule is CC(=O)N(Cl)Cc1cc(C(C)(C)C)cc(C(=O)C(F)(F)F)c1O. The fraction of sp³-hybridized carbons (Fsp3) is 0.467. The van der Waals surface area contributed by atoms with Crippen LogP contribution in [-0.2, 0) is 16.8 Å². The molecule has 1 N–H and O–H groups in total. The van der Waals surface area contributed by atoms with Gasteiger partial charge in [0.2, 0.25) is 5.91 Å². The van der Waals surface area contributed by atoms with Gasteiger partial charge in [0.15, 0.2) is 0 Å². The first-order valence-corrected chi connectivity index (χ1v) is 7.00. The molecule has 0 unspecified atom stereocenters. The molecule has 23 heavy (non-hydrogen) atoms. The van der Waals surface area contributed by atoms with Crippen molar-refractivity contribution < 1.29 is 27.9 Å². The van der Waals surface area contributed by atoms with Crippen LogP contribution in [0.2, 0.25) is 0 Å². The number of phenolic OH excluding ortho intramolecular Hbond substituents is 1. The smallest absolute Gasteiger partial charge is 0.455 e. The molecule has 0 aromatic heterocycles. The Morgan fingerprint density at radius 3 is 2.13 bits per heavy atom. The third kappa shape index (κ3) is 4.60. The number of ketones is 1. The van der Waals surface area contributed by atoms with Gasteiger partial charge in [-0.1, -0.05) is 20.8 Å². The lowest BCUT2D eigenvalue weighted by Gasteiger charge is -2.23. The largest absolute Gasteiger partial charge is 0.507 e. The van der Waals surface area contributed by atoms with Crippen LogP contribution in [0.5, 0.6) is 5.75 Å². The average Bonchev–Trinajstić information content (AvgIpc) is 2.37. The number of hydrogen-bond donors (Lipinski definition) is 1. The maximum Gasteiger partial charge on any atom is 0.455 e. The quantitative estimate of drug-likeness (QED) is 0.663. The normalized spacial score (nSPS) is 12.2. The molecular formula is C15H17ClF3NO3. The summed E-state index contributed by atoms with van der Waals surface area (Å²) in [5.41, 5.74) is -1.05. The van der Waals surface area contributed by atoms with Gasteiger partial charge in [0, 0.05) is 24.3 Å². The molecule has 0 heterocycles. The summed E-state index contributed by atoms with van der Waals surface area (Å²) < 4.78 is 38.9. The number of nitrogens with zero attached hydrogens (tertiary/aromatic N) is 1. The summed E-state index contributed by atoms with van der Waals surface area (Å²) in [6, 6.07) is 2.45. The van der Waals surface area contributed by atoms with Crippen LogP contribution in [0.3, 0.4) is 0 Å². The molecule has 0 saturated heterocycles. The second-order valence-electron chi connectivity index (χ2n) is 6.15. The minimum absolute atomic E-state index is 0.0322. The maximum absolute atomic E-state index is 12.7. The lowest BCUT2D eigenvalue weighted by Crippen LogP contribution is -2.25. The lowest BCUT2D eigenvalue weighted by molar-refractivity contribution is -0.124. The zero-order valence-corrected chi connectivity index (χ0v) is 13.8. The number of alkyl halides is 3. The Balaban J connectivity index is 3.52. The highest BCUT2D eigenvalue weighted by Crippen LogP contribution is 2.35. The van der Waals surface area contributed by atoms with Crippen LogP contribution in [0.25, 0.3) is 0 Å². The predicted molar refractivity (Wildman–Crippen MR) is 79.3 cm³/mol. The zero-order chi connectivity index (χ0) is 18.2. The minimum Gasteiger partial charge on any atom is -0.507 e. The summed E-state index contributed by atoms with van der Waals surface area (Å²) in [6.07, 6.45) is -5.12. The van der Waals surface area contributed by atoms with Crippen molar-refractivity contribution in [2.45, 2.75) is 45.8 Å². The van der Waals surface area contributed by atoms with Gasteiger partial charge in [-0.15, -0.1) is 0 Å². The summed E-state index contributed by atoms with van der Waals surface area (Å²) in [7, 11) is 0. The molecule has 128 valence electrons. The van der Waals surface area contributed by atoms with E-state index in [1.165, 1.54) is 13.0 Å². The Morgan fingerprint density at radius 1 is 1.22 bits per heavy atom. The van der Waals surface area contributed by atoms with Crippen molar-refractivity contribution in [1.29, 1.82) is 0 Å². The molecule has 0 bridgehead atoms. The first-order chi connectivity index (χ1) is 10.2. The number of carbonyl (C=O) groups is 2. The highest BCUT2D eigenvalue weighted by Gasteiger charge is 2.41. The fourth-order valence-electron chi connectivity index (χ4n) is 1.83. The van der Waals surface area contributed by atoms with Gasteiger partial charge in [0.05, 0.1) is 12.1 Å². The van der Waals surface area contributed by atoms with E-state index in [0.717, 1.165) is 6.07 Å². The predicted octanol–water partition coefficient (Wildman–Crippen LogP) is 3.94. The van der Waals surface area contributed by atoms with Crippen LogP contribution in [-0.4, -0.2) is 27.4 Å². The number of rotatable bonds is 3. The topological polar surface area (TPSA) is 57.6 Å². The minimum atomic E-state index is -5.12. The van der Waals surface area contributed by atoms with E-state index in [4.69, 9.17) is 11.8 Å². The van der Waals surface area contributed by atoms with E-state index in [2.05, 4.69) is 0 Å². The molecule has 0 radical (unpaired) electrons. The van der Waals surface area contributed by atoms with E-state index in [1.54, 1.807) is 20.8 Å². The molecule has 1 rings (SSSR count). The monoisotopic (exact) mass is 351 g/mol. The Hall–Kier alpha value is -1.76. The molecule has 0 aliphatic heterocycles. The van der Waals surface area contributed by atoms with Gasteiger partial charge in [-0.05, 0) is 23.1 Å². The molecule has 0 atom stereocenters. The second kappa shape index (κ2) is 6.39. The van der Waals surface area contributed by atoms with Crippen LogP contribution in [0, 0.1) is 0 Å². The second-order valence-corrected chi connectivity index (χ2v) is 6.56. The van der Waals surface area contributed by atoms with Crippen molar-refractivity contribution in [2.24, 2.45) is 0 Å². The number of Topliss-reactive ketones (excluding diaryl/α,β-unsaturated/α-hetero) is 1. The highest BCUT2D eigenvalue weighted by atomic mass is 35.5. The molecule has 0 saturated carbocycles. The summed E-state index contributed by atoms with van der Waals surface area (Å²) in [6.45, 7) is 6.07. The van der Waals surface area contributed by atoms with Crippen LogP contribution >= 0.6 is 11.8 Å². The maximum atomic E-state index is 12.7. The zero-order valence-electron chi connectivity index (χ0n) is 13.1. The number of hydrogen-bond acceptors (Lipinski definition) is 3. The third-order valence-corrected chi connectivity index (χ3v) is 3.57. The third-order valence-electron chi connectivity index (χ3n) is 3.21. The Labute approximate surface area is 137 Å². The van der Waals surface area contributed by atoms with Crippen LogP contribution < -0.4 is 0 Å². The summed E-state index contributed by atoms with van der Waals surface area (Å²) >= 11 is 5.68. The van der Waals surface area contributed by atoms with E-state index < -0.39 is 34.6 Å². The Bertz CT molecular complexity index is 636. The number of aromatic hydroxyl groups is 1. The van der Waals surface area contributed by atoms with Crippen molar-refractivity contribution in [1.82, 2.24) is 4.42 Å². The summed E-state index contributed by atoms with van der Waals surface area (Å²) in [5, 5.41) is 10.0. The van der Waals surface area contributed by atoms with E-state index >= 15 is 0 Å². The molecular weight excluding hydrogens is 335 g/mol. The van der Waals surface area contributed by atoms with Gasteiger partial charge in [0.25, 0.3) is 5.78 Å². The molecule has 0 aliphatic rings. The van der Waals surface area contributed by atoms with Crippen molar-refractivity contribution in [3.63, 3.8) is 0 Å². The van der Waals surface area contributed by atoms with Crippen LogP contribution in [0.15, 0.2) is 12.1 Å². The molecule has 1 aromatic rings. The summed E-state index contributed by atoms with van der Waals surface area (Å²) in [4.78, 5) is 22.7. The van der Waals surface area contributed by atoms with Gasteiger partial charge in [-0.2, -0.15) is 13.2 Å². The van der Waals surface area contributed by atoms with Crippen molar-refractivity contribution in [2.75, 3.05) is 0 Å². The molecule has 1 amide bonds. The van der Waals surface area contributed by atoms with E-state index in [9.17, 15) is 27.9 Å². The molecule has 0 aliphatic carbocycles. The molecule has 4 nitrogen and oxygen atoms in total. The number of phenols is 1. The van der Waals surface area contributed by atoms with Gasteiger partial charge in [0.1, 0.15) is 5.75 Å². The Kier molecular flexibility index (Phi) is 5.36. The summed E-state index contributed by atoms with van der Waals surface area (Å²) in [5.74, 6) is -3.52.